The van der Waals surface area contributed by atoms with Crippen molar-refractivity contribution >= 4 is 5.91 Å². The van der Waals surface area contributed by atoms with Gasteiger partial charge in [0, 0.05) is 6.42 Å². The van der Waals surface area contributed by atoms with Crippen molar-refractivity contribution in [3.8, 4) is 0 Å². The van der Waals surface area contributed by atoms with Gasteiger partial charge in [-0.1, -0.05) is 102 Å². The van der Waals surface area contributed by atoms with E-state index in [1.807, 2.05) is 6.08 Å². The van der Waals surface area contributed by atoms with Gasteiger partial charge in [0.1, 0.15) is 24.4 Å². The summed E-state index contributed by atoms with van der Waals surface area (Å²) < 4.78 is 11.1. The monoisotopic (exact) mass is 639 g/mol. The van der Waals surface area contributed by atoms with E-state index >= 15 is 0 Å². The second-order valence-electron chi connectivity index (χ2n) is 12.3. The van der Waals surface area contributed by atoms with Crippen molar-refractivity contribution in [2.24, 2.45) is 0 Å². The normalized spacial score (nSPS) is 23.8. The minimum Gasteiger partial charge on any atom is -0.394 e. The van der Waals surface area contributed by atoms with Gasteiger partial charge in [-0.05, 0) is 57.8 Å². The summed E-state index contributed by atoms with van der Waals surface area (Å²) in [6.45, 7) is 3.64. The van der Waals surface area contributed by atoms with Crippen LogP contribution in [0.5, 0.6) is 0 Å². The Morgan fingerprint density at radius 3 is 1.91 bits per heavy atom. The second-order valence-corrected chi connectivity index (χ2v) is 12.3. The molecule has 0 spiro atoms. The maximum Gasteiger partial charge on any atom is 0.220 e. The zero-order chi connectivity index (χ0) is 33.1. The quantitative estimate of drug-likeness (QED) is 0.0519. The largest absolute Gasteiger partial charge is 0.394 e. The van der Waals surface area contributed by atoms with Gasteiger partial charge in [-0.25, -0.2) is 0 Å². The maximum absolute atomic E-state index is 12.8. The lowest BCUT2D eigenvalue weighted by Gasteiger charge is -2.40. The summed E-state index contributed by atoms with van der Waals surface area (Å²) in [5.74, 6) is -0.203. The summed E-state index contributed by atoms with van der Waals surface area (Å²) in [5, 5.41) is 53.6. The van der Waals surface area contributed by atoms with E-state index in [-0.39, 0.29) is 12.5 Å². The van der Waals surface area contributed by atoms with Gasteiger partial charge in [-0.15, -0.1) is 0 Å². The lowest BCUT2D eigenvalue weighted by molar-refractivity contribution is -0.302. The highest BCUT2D eigenvalue weighted by Gasteiger charge is 2.44. The summed E-state index contributed by atoms with van der Waals surface area (Å²) in [5.41, 5.74) is 0. The molecule has 45 heavy (non-hydrogen) atoms. The fraction of sp³-hybridized carbons (Fsp3) is 0.806. The zero-order valence-corrected chi connectivity index (χ0v) is 28.1. The van der Waals surface area contributed by atoms with Crippen LogP contribution in [0, 0.1) is 0 Å². The number of rotatable bonds is 27. The smallest absolute Gasteiger partial charge is 0.220 e. The molecule has 1 aliphatic rings. The van der Waals surface area contributed by atoms with Gasteiger partial charge in [0.25, 0.3) is 0 Å². The average Bonchev–Trinajstić information content (AvgIpc) is 3.04. The molecule has 0 aromatic rings. The predicted octanol–water partition coefficient (Wildman–Crippen LogP) is 5.38. The SMILES string of the molecule is CCCCC/C=C/CC/C=C/C(O)C(COC1OC(CO)C(O)C(O)C1O)NC(=O)CCCCCCC/C=C\CCCCCC. The second kappa shape index (κ2) is 27.5. The standard InChI is InChI=1S/C36H65NO8/c1-3-5-7-9-11-13-14-15-16-18-20-22-24-26-32(40)37-29(30(39)25-23-21-19-17-12-10-8-6-4-2)28-44-36-35(43)34(42)33(41)31(27-38)45-36/h12-14,17,23,25,29-31,33-36,38-39,41-43H,3-11,15-16,18-22,24,26-28H2,1-2H3,(H,37,40)/b14-13-,17-12+,25-23+. The molecule has 9 nitrogen and oxygen atoms in total. The molecule has 7 unspecified atom stereocenters. The lowest BCUT2D eigenvalue weighted by atomic mass is 9.99. The van der Waals surface area contributed by atoms with Crippen LogP contribution in [-0.2, 0) is 14.3 Å². The van der Waals surface area contributed by atoms with Crippen molar-refractivity contribution < 1.29 is 39.8 Å². The van der Waals surface area contributed by atoms with Gasteiger partial charge in [0.15, 0.2) is 6.29 Å². The Morgan fingerprint density at radius 2 is 1.27 bits per heavy atom. The molecule has 7 atom stereocenters. The Kier molecular flexibility index (Phi) is 25.3. The van der Waals surface area contributed by atoms with Crippen LogP contribution < -0.4 is 5.32 Å². The van der Waals surface area contributed by atoms with Crippen LogP contribution in [0.15, 0.2) is 36.5 Å². The molecule has 1 aliphatic heterocycles. The highest BCUT2D eigenvalue weighted by Crippen LogP contribution is 2.22. The molecule has 0 radical (unpaired) electrons. The number of ether oxygens (including phenoxy) is 2. The summed E-state index contributed by atoms with van der Waals surface area (Å²) in [6, 6.07) is -0.820. The highest BCUT2D eigenvalue weighted by molar-refractivity contribution is 5.76. The van der Waals surface area contributed by atoms with Gasteiger partial charge >= 0.3 is 0 Å². The van der Waals surface area contributed by atoms with Gasteiger partial charge in [0.2, 0.25) is 5.91 Å². The average molecular weight is 640 g/mol. The molecule has 1 rings (SSSR count). The van der Waals surface area contributed by atoms with Gasteiger partial charge in [-0.3, -0.25) is 4.79 Å². The summed E-state index contributed by atoms with van der Waals surface area (Å²) in [6.07, 6.45) is 23.4. The van der Waals surface area contributed by atoms with Crippen LogP contribution in [-0.4, -0.2) is 87.5 Å². The lowest BCUT2D eigenvalue weighted by Crippen LogP contribution is -2.60. The molecule has 9 heteroatoms. The third-order valence-corrected chi connectivity index (χ3v) is 8.19. The van der Waals surface area contributed by atoms with Gasteiger partial charge in [0.05, 0.1) is 25.4 Å². The summed E-state index contributed by atoms with van der Waals surface area (Å²) in [7, 11) is 0. The molecule has 6 N–H and O–H groups in total. The Balaban J connectivity index is 2.51. The van der Waals surface area contributed by atoms with E-state index < -0.39 is 49.5 Å². The van der Waals surface area contributed by atoms with E-state index in [4.69, 9.17) is 9.47 Å². The molecule has 1 fully saturated rings. The van der Waals surface area contributed by atoms with E-state index in [9.17, 15) is 30.3 Å². The number of amides is 1. The molecule has 0 bridgehead atoms. The third-order valence-electron chi connectivity index (χ3n) is 8.19. The molecule has 0 aliphatic carbocycles. The number of aliphatic hydroxyl groups excluding tert-OH is 5. The maximum atomic E-state index is 12.8. The number of allylic oxidation sites excluding steroid dienone is 5. The number of carbonyl (C=O) groups excluding carboxylic acids is 1. The first-order valence-electron chi connectivity index (χ1n) is 17.7. The molecule has 1 amide bonds. The van der Waals surface area contributed by atoms with Crippen LogP contribution in [0.2, 0.25) is 0 Å². The molecule has 0 aromatic heterocycles. The number of aliphatic hydroxyl groups is 5. The minimum absolute atomic E-state index is 0.203. The molecular weight excluding hydrogens is 574 g/mol. The van der Waals surface area contributed by atoms with Crippen molar-refractivity contribution in [2.75, 3.05) is 13.2 Å². The fourth-order valence-corrected chi connectivity index (χ4v) is 5.22. The van der Waals surface area contributed by atoms with Crippen molar-refractivity contribution in [2.45, 2.75) is 172 Å². The number of nitrogens with one attached hydrogen (secondary N) is 1. The van der Waals surface area contributed by atoms with Crippen molar-refractivity contribution in [3.05, 3.63) is 36.5 Å². The van der Waals surface area contributed by atoms with E-state index in [0.717, 1.165) is 57.8 Å². The van der Waals surface area contributed by atoms with Crippen LogP contribution in [0.1, 0.15) is 129 Å². The first kappa shape index (κ1) is 41.4. The van der Waals surface area contributed by atoms with E-state index in [1.54, 1.807) is 6.08 Å². The van der Waals surface area contributed by atoms with Gasteiger partial charge < -0.3 is 40.3 Å². The van der Waals surface area contributed by atoms with Crippen molar-refractivity contribution in [1.82, 2.24) is 5.32 Å². The summed E-state index contributed by atoms with van der Waals surface area (Å²) >= 11 is 0. The highest BCUT2D eigenvalue weighted by atomic mass is 16.7. The van der Waals surface area contributed by atoms with Crippen LogP contribution >= 0.6 is 0 Å². The van der Waals surface area contributed by atoms with Crippen molar-refractivity contribution in [1.29, 1.82) is 0 Å². The number of carbonyl (C=O) groups is 1. The molecule has 1 saturated heterocycles. The molecule has 1 heterocycles. The minimum atomic E-state index is -1.57. The zero-order valence-electron chi connectivity index (χ0n) is 28.1. The van der Waals surface area contributed by atoms with Crippen LogP contribution in [0.25, 0.3) is 0 Å². The number of unbranched alkanes of at least 4 members (excludes halogenated alkanes) is 13. The Hall–Kier alpha value is -1.59. The Bertz CT molecular complexity index is 802. The van der Waals surface area contributed by atoms with Crippen molar-refractivity contribution in [3.63, 3.8) is 0 Å². The molecular formula is C36H65NO8. The first-order valence-corrected chi connectivity index (χ1v) is 17.7. The predicted molar refractivity (Wildman–Crippen MR) is 180 cm³/mol. The molecule has 0 aromatic carbocycles. The Morgan fingerprint density at radius 1 is 0.733 bits per heavy atom. The van der Waals surface area contributed by atoms with E-state index in [2.05, 4.69) is 43.5 Å². The molecule has 0 saturated carbocycles. The van der Waals surface area contributed by atoms with Crippen LogP contribution in [0.3, 0.4) is 0 Å². The van der Waals surface area contributed by atoms with Crippen LogP contribution in [0.4, 0.5) is 0 Å². The number of hydrogen-bond donors (Lipinski definition) is 6. The third kappa shape index (κ3) is 19.6. The topological polar surface area (TPSA) is 149 Å². The molecule has 262 valence electrons. The van der Waals surface area contributed by atoms with E-state index in [0.29, 0.717) is 6.42 Å². The summed E-state index contributed by atoms with van der Waals surface area (Å²) in [4.78, 5) is 12.8. The van der Waals surface area contributed by atoms with E-state index in [1.165, 1.54) is 51.4 Å². The number of hydrogen-bond acceptors (Lipinski definition) is 8. The van der Waals surface area contributed by atoms with Gasteiger partial charge in [-0.2, -0.15) is 0 Å². The Labute approximate surface area is 272 Å². The fourth-order valence-electron chi connectivity index (χ4n) is 5.22. The first-order chi connectivity index (χ1) is 21.8.